The Morgan fingerprint density at radius 1 is 1.47 bits per heavy atom. The number of halogens is 2. The second kappa shape index (κ2) is 6.47. The summed E-state index contributed by atoms with van der Waals surface area (Å²) in [4.78, 5) is 11.0. The fourth-order valence-corrected chi connectivity index (χ4v) is 1.55. The van der Waals surface area contributed by atoms with Gasteiger partial charge in [0.25, 0.3) is 0 Å². The van der Waals surface area contributed by atoms with E-state index in [1.165, 1.54) is 0 Å². The molecule has 0 heterocycles. The van der Waals surface area contributed by atoms with Crippen molar-refractivity contribution < 1.29 is 9.53 Å². The molecule has 92 valence electrons. The number of benzene rings is 1. The second-order valence-corrected chi connectivity index (χ2v) is 4.00. The first kappa shape index (κ1) is 13.8. The molecule has 0 spiro atoms. The molecule has 0 saturated heterocycles. The molecule has 0 aromatic heterocycles. The van der Waals surface area contributed by atoms with Crippen molar-refractivity contribution >= 4 is 35.0 Å². The molecule has 0 radical (unpaired) electrons. The second-order valence-electron chi connectivity index (χ2n) is 3.15. The molecular weight excluding hydrogens is 263 g/mol. The molecule has 4 nitrogen and oxygen atoms in total. The monoisotopic (exact) mass is 274 g/mol. The van der Waals surface area contributed by atoms with Gasteiger partial charge in [-0.3, -0.25) is 0 Å². The third-order valence-corrected chi connectivity index (χ3v) is 2.47. The Morgan fingerprint density at radius 2 is 2.18 bits per heavy atom. The largest absolute Gasteiger partial charge is 0.449 e. The topological polar surface area (TPSA) is 50.7 Å². The maximum atomic E-state index is 11.0. The van der Waals surface area contributed by atoms with E-state index in [2.05, 4.69) is 15.3 Å². The summed E-state index contributed by atoms with van der Waals surface area (Å²) in [6.45, 7) is 3.71. The smallest absolute Gasteiger partial charge is 0.427 e. The Kier molecular flexibility index (Phi) is 5.25. The highest BCUT2D eigenvalue weighted by Gasteiger charge is 2.06. The van der Waals surface area contributed by atoms with Crippen molar-refractivity contribution in [2.45, 2.75) is 13.8 Å². The number of hydrogen-bond donors (Lipinski definition) is 1. The average molecular weight is 275 g/mol. The summed E-state index contributed by atoms with van der Waals surface area (Å²) in [7, 11) is 0. The van der Waals surface area contributed by atoms with Gasteiger partial charge in [0.05, 0.1) is 12.3 Å². The van der Waals surface area contributed by atoms with Crippen LogP contribution in [0.2, 0.25) is 10.0 Å². The highest BCUT2D eigenvalue weighted by atomic mass is 35.5. The van der Waals surface area contributed by atoms with Crippen LogP contribution < -0.4 is 5.43 Å². The first-order valence-electron chi connectivity index (χ1n) is 4.97. The summed E-state index contributed by atoms with van der Waals surface area (Å²) in [5, 5.41) is 4.93. The number of hydrazone groups is 1. The maximum Gasteiger partial charge on any atom is 0.427 e. The zero-order chi connectivity index (χ0) is 12.8. The molecule has 0 aliphatic carbocycles. The van der Waals surface area contributed by atoms with Crippen LogP contribution in [-0.4, -0.2) is 18.4 Å². The van der Waals surface area contributed by atoms with Crippen molar-refractivity contribution in [3.8, 4) is 0 Å². The molecule has 1 rings (SSSR count). The van der Waals surface area contributed by atoms with Crippen LogP contribution >= 0.6 is 23.2 Å². The van der Waals surface area contributed by atoms with Gasteiger partial charge in [-0.25, -0.2) is 10.2 Å². The van der Waals surface area contributed by atoms with E-state index in [1.807, 2.05) is 0 Å². The molecule has 0 atom stereocenters. The Labute approximate surface area is 110 Å². The average Bonchev–Trinajstić information content (AvgIpc) is 2.29. The quantitative estimate of drug-likeness (QED) is 0.678. The SMILES string of the molecule is CCOC(=O)N/N=C(/C)c1cc(Cl)ccc1Cl. The molecule has 1 N–H and O–H groups in total. The minimum absolute atomic E-state index is 0.290. The van der Waals surface area contributed by atoms with Crippen LogP contribution in [0.15, 0.2) is 23.3 Å². The molecule has 1 aromatic rings. The van der Waals surface area contributed by atoms with Crippen LogP contribution in [0.5, 0.6) is 0 Å². The van der Waals surface area contributed by atoms with Gasteiger partial charge in [0, 0.05) is 15.6 Å². The third kappa shape index (κ3) is 4.24. The molecule has 1 aromatic carbocycles. The lowest BCUT2D eigenvalue weighted by Crippen LogP contribution is -2.20. The van der Waals surface area contributed by atoms with Crippen molar-refractivity contribution in [3.05, 3.63) is 33.8 Å². The number of carbonyl (C=O) groups is 1. The number of carbonyl (C=O) groups excluding carboxylic acids is 1. The summed E-state index contributed by atoms with van der Waals surface area (Å²) in [5.74, 6) is 0. The lowest BCUT2D eigenvalue weighted by Gasteiger charge is -2.05. The molecule has 0 saturated carbocycles. The van der Waals surface area contributed by atoms with Gasteiger partial charge in [0.1, 0.15) is 0 Å². The Morgan fingerprint density at radius 3 is 2.82 bits per heavy atom. The molecule has 0 aliphatic rings. The standard InChI is InChI=1S/C11H12Cl2N2O2/c1-3-17-11(16)15-14-7(2)9-6-8(12)4-5-10(9)13/h4-6H,3H2,1-2H3,(H,15,16)/b14-7-. The van der Waals surface area contributed by atoms with E-state index in [4.69, 9.17) is 23.2 Å². The van der Waals surface area contributed by atoms with Gasteiger partial charge < -0.3 is 4.74 Å². The molecule has 6 heteroatoms. The highest BCUT2D eigenvalue weighted by molar-refractivity contribution is 6.36. The lowest BCUT2D eigenvalue weighted by molar-refractivity contribution is 0.152. The molecule has 0 bridgehead atoms. The first-order valence-corrected chi connectivity index (χ1v) is 5.72. The zero-order valence-corrected chi connectivity index (χ0v) is 11.0. The van der Waals surface area contributed by atoms with Gasteiger partial charge in [-0.2, -0.15) is 5.10 Å². The molecule has 0 unspecified atom stereocenters. The fourth-order valence-electron chi connectivity index (χ4n) is 1.13. The normalized spacial score (nSPS) is 11.2. The summed E-state index contributed by atoms with van der Waals surface area (Å²) < 4.78 is 4.67. The van der Waals surface area contributed by atoms with E-state index in [9.17, 15) is 4.79 Å². The molecule has 0 fully saturated rings. The van der Waals surface area contributed by atoms with Crippen LogP contribution in [0.1, 0.15) is 19.4 Å². The fraction of sp³-hybridized carbons (Fsp3) is 0.273. The summed E-state index contributed by atoms with van der Waals surface area (Å²) in [6, 6.07) is 5.03. The van der Waals surface area contributed by atoms with Gasteiger partial charge >= 0.3 is 6.09 Å². The number of rotatable bonds is 3. The van der Waals surface area contributed by atoms with Gasteiger partial charge in [0.15, 0.2) is 0 Å². The van der Waals surface area contributed by atoms with Crippen LogP contribution in [0.4, 0.5) is 4.79 Å². The van der Waals surface area contributed by atoms with E-state index in [-0.39, 0.29) is 0 Å². The molecule has 0 aliphatic heterocycles. The van der Waals surface area contributed by atoms with Crippen LogP contribution in [-0.2, 0) is 4.74 Å². The Hall–Kier alpha value is -1.26. The van der Waals surface area contributed by atoms with Crippen molar-refractivity contribution in [1.29, 1.82) is 0 Å². The van der Waals surface area contributed by atoms with E-state index < -0.39 is 6.09 Å². The van der Waals surface area contributed by atoms with Crippen molar-refractivity contribution in [1.82, 2.24) is 5.43 Å². The van der Waals surface area contributed by atoms with E-state index in [0.29, 0.717) is 27.9 Å². The first-order chi connectivity index (χ1) is 8.04. The Balaban J connectivity index is 2.81. The summed E-state index contributed by atoms with van der Waals surface area (Å²) in [6.07, 6.45) is -0.606. The molecular formula is C11H12Cl2N2O2. The van der Waals surface area contributed by atoms with Crippen molar-refractivity contribution in [2.24, 2.45) is 5.10 Å². The summed E-state index contributed by atoms with van der Waals surface area (Å²) in [5.41, 5.74) is 3.46. The van der Waals surface area contributed by atoms with E-state index in [0.717, 1.165) is 0 Å². The minimum atomic E-state index is -0.606. The van der Waals surface area contributed by atoms with Gasteiger partial charge in [-0.05, 0) is 32.0 Å². The highest BCUT2D eigenvalue weighted by Crippen LogP contribution is 2.21. The van der Waals surface area contributed by atoms with Crippen LogP contribution in [0, 0.1) is 0 Å². The van der Waals surface area contributed by atoms with E-state index >= 15 is 0 Å². The van der Waals surface area contributed by atoms with Gasteiger partial charge in [0.2, 0.25) is 0 Å². The predicted molar refractivity (Wildman–Crippen MR) is 68.8 cm³/mol. The maximum absolute atomic E-state index is 11.0. The van der Waals surface area contributed by atoms with Crippen LogP contribution in [0.3, 0.4) is 0 Å². The Bertz CT molecular complexity index is 447. The molecule has 1 amide bonds. The lowest BCUT2D eigenvalue weighted by atomic mass is 10.1. The van der Waals surface area contributed by atoms with Crippen molar-refractivity contribution in [2.75, 3.05) is 6.61 Å². The van der Waals surface area contributed by atoms with Crippen molar-refractivity contribution in [3.63, 3.8) is 0 Å². The van der Waals surface area contributed by atoms with E-state index in [1.54, 1.807) is 32.0 Å². The number of nitrogens with one attached hydrogen (secondary N) is 1. The number of nitrogens with zero attached hydrogens (tertiary/aromatic N) is 1. The minimum Gasteiger partial charge on any atom is -0.449 e. The van der Waals surface area contributed by atoms with Gasteiger partial charge in [-0.1, -0.05) is 23.2 Å². The number of hydrogen-bond acceptors (Lipinski definition) is 3. The zero-order valence-electron chi connectivity index (χ0n) is 9.46. The number of amides is 1. The number of ether oxygens (including phenoxy) is 1. The van der Waals surface area contributed by atoms with Gasteiger partial charge in [-0.15, -0.1) is 0 Å². The third-order valence-electron chi connectivity index (χ3n) is 1.91. The summed E-state index contributed by atoms with van der Waals surface area (Å²) >= 11 is 11.8. The van der Waals surface area contributed by atoms with Crippen LogP contribution in [0.25, 0.3) is 0 Å². The molecule has 17 heavy (non-hydrogen) atoms. The predicted octanol–water partition coefficient (Wildman–Crippen LogP) is 3.46.